The first-order chi connectivity index (χ1) is 9.08. The Kier molecular flexibility index (Phi) is 4.04. The fourth-order valence-electron chi connectivity index (χ4n) is 1.84. The van der Waals surface area contributed by atoms with Crippen molar-refractivity contribution in [1.29, 1.82) is 0 Å². The highest BCUT2D eigenvalue weighted by molar-refractivity contribution is 6.02. The molecule has 0 fully saturated rings. The summed E-state index contributed by atoms with van der Waals surface area (Å²) in [5.41, 5.74) is 0.651. The van der Waals surface area contributed by atoms with Crippen molar-refractivity contribution in [1.82, 2.24) is 5.32 Å². The van der Waals surface area contributed by atoms with Gasteiger partial charge in [0.05, 0.1) is 5.69 Å². The molecule has 0 atom stereocenters. The van der Waals surface area contributed by atoms with E-state index in [9.17, 15) is 9.59 Å². The van der Waals surface area contributed by atoms with Crippen molar-refractivity contribution in [3.63, 3.8) is 0 Å². The Balaban J connectivity index is 2.07. The monoisotopic (exact) mass is 262 g/mol. The SMILES string of the molecule is CC(C)CNC(=O)CN1C(=O)COc2ccccc21. The van der Waals surface area contributed by atoms with Crippen molar-refractivity contribution in [2.45, 2.75) is 13.8 Å². The van der Waals surface area contributed by atoms with Crippen LogP contribution < -0.4 is 15.0 Å². The van der Waals surface area contributed by atoms with E-state index in [-0.39, 0.29) is 25.0 Å². The van der Waals surface area contributed by atoms with E-state index in [1.54, 1.807) is 12.1 Å². The highest BCUT2D eigenvalue weighted by Crippen LogP contribution is 2.30. The van der Waals surface area contributed by atoms with Crippen LogP contribution in [0.5, 0.6) is 5.75 Å². The van der Waals surface area contributed by atoms with Crippen molar-refractivity contribution in [3.05, 3.63) is 24.3 Å². The summed E-state index contributed by atoms with van der Waals surface area (Å²) in [6.07, 6.45) is 0. The van der Waals surface area contributed by atoms with E-state index >= 15 is 0 Å². The van der Waals surface area contributed by atoms with E-state index in [1.165, 1.54) is 4.90 Å². The van der Waals surface area contributed by atoms with Crippen LogP contribution in [-0.4, -0.2) is 31.5 Å². The Labute approximate surface area is 112 Å². The molecular formula is C14H18N2O3. The predicted molar refractivity (Wildman–Crippen MR) is 72.1 cm³/mol. The lowest BCUT2D eigenvalue weighted by atomic mass is 10.2. The number of hydrogen-bond acceptors (Lipinski definition) is 3. The van der Waals surface area contributed by atoms with E-state index in [0.717, 1.165) is 0 Å². The Morgan fingerprint density at radius 1 is 1.42 bits per heavy atom. The van der Waals surface area contributed by atoms with Crippen molar-refractivity contribution in [2.75, 3.05) is 24.6 Å². The van der Waals surface area contributed by atoms with Gasteiger partial charge in [-0.2, -0.15) is 0 Å². The first-order valence-corrected chi connectivity index (χ1v) is 6.37. The second-order valence-corrected chi connectivity index (χ2v) is 4.93. The third-order valence-electron chi connectivity index (χ3n) is 2.82. The molecule has 1 heterocycles. The van der Waals surface area contributed by atoms with Crippen LogP contribution in [0.25, 0.3) is 0 Å². The van der Waals surface area contributed by atoms with Crippen LogP contribution in [0.15, 0.2) is 24.3 Å². The molecule has 2 rings (SSSR count). The molecular weight excluding hydrogens is 244 g/mol. The zero-order chi connectivity index (χ0) is 13.8. The molecule has 1 aromatic carbocycles. The lowest BCUT2D eigenvalue weighted by molar-refractivity contribution is -0.125. The van der Waals surface area contributed by atoms with Gasteiger partial charge in [0, 0.05) is 6.54 Å². The number of hydrogen-bond donors (Lipinski definition) is 1. The van der Waals surface area contributed by atoms with Gasteiger partial charge in [0.1, 0.15) is 12.3 Å². The van der Waals surface area contributed by atoms with Gasteiger partial charge in [-0.1, -0.05) is 26.0 Å². The molecule has 0 aliphatic carbocycles. The minimum Gasteiger partial charge on any atom is -0.482 e. The first-order valence-electron chi connectivity index (χ1n) is 6.37. The van der Waals surface area contributed by atoms with Gasteiger partial charge in [-0.15, -0.1) is 0 Å². The van der Waals surface area contributed by atoms with E-state index in [0.29, 0.717) is 23.9 Å². The molecule has 19 heavy (non-hydrogen) atoms. The fraction of sp³-hybridized carbons (Fsp3) is 0.429. The van der Waals surface area contributed by atoms with Crippen LogP contribution in [0.1, 0.15) is 13.8 Å². The molecule has 102 valence electrons. The number of anilines is 1. The van der Waals surface area contributed by atoms with Crippen molar-refractivity contribution < 1.29 is 14.3 Å². The zero-order valence-corrected chi connectivity index (χ0v) is 11.2. The average molecular weight is 262 g/mol. The molecule has 5 nitrogen and oxygen atoms in total. The maximum absolute atomic E-state index is 11.9. The molecule has 1 aliphatic heterocycles. The van der Waals surface area contributed by atoms with Crippen LogP contribution in [0, 0.1) is 5.92 Å². The third kappa shape index (κ3) is 3.24. The Bertz CT molecular complexity index is 485. The van der Waals surface area contributed by atoms with Gasteiger partial charge < -0.3 is 10.1 Å². The minimum absolute atomic E-state index is 0.0194. The molecule has 0 unspecified atom stereocenters. The number of rotatable bonds is 4. The van der Waals surface area contributed by atoms with E-state index in [1.807, 2.05) is 26.0 Å². The van der Waals surface area contributed by atoms with Gasteiger partial charge in [0.25, 0.3) is 5.91 Å². The summed E-state index contributed by atoms with van der Waals surface area (Å²) in [6.45, 7) is 4.67. The standard InChI is InChI=1S/C14H18N2O3/c1-10(2)7-15-13(17)8-16-11-5-3-4-6-12(11)19-9-14(16)18/h3-6,10H,7-9H2,1-2H3,(H,15,17). The van der Waals surface area contributed by atoms with Crippen molar-refractivity contribution in [3.8, 4) is 5.75 Å². The number of ether oxygens (including phenoxy) is 1. The Morgan fingerprint density at radius 3 is 2.89 bits per heavy atom. The van der Waals surface area contributed by atoms with E-state index < -0.39 is 0 Å². The zero-order valence-electron chi connectivity index (χ0n) is 11.2. The lowest BCUT2D eigenvalue weighted by Crippen LogP contribution is -2.45. The molecule has 0 saturated heterocycles. The molecule has 1 N–H and O–H groups in total. The largest absolute Gasteiger partial charge is 0.482 e. The number of amides is 2. The van der Waals surface area contributed by atoms with Gasteiger partial charge in [0.15, 0.2) is 6.61 Å². The van der Waals surface area contributed by atoms with Crippen LogP contribution >= 0.6 is 0 Å². The molecule has 0 aromatic heterocycles. The fourth-order valence-corrected chi connectivity index (χ4v) is 1.84. The molecule has 0 spiro atoms. The quantitative estimate of drug-likeness (QED) is 0.886. The number of nitrogens with one attached hydrogen (secondary N) is 1. The summed E-state index contributed by atoms with van der Waals surface area (Å²) in [6, 6.07) is 7.23. The van der Waals surface area contributed by atoms with Gasteiger partial charge in [0.2, 0.25) is 5.91 Å². The molecule has 1 aliphatic rings. The molecule has 1 aromatic rings. The third-order valence-corrected chi connectivity index (χ3v) is 2.82. The molecule has 5 heteroatoms. The highest BCUT2D eigenvalue weighted by atomic mass is 16.5. The highest BCUT2D eigenvalue weighted by Gasteiger charge is 2.26. The molecule has 0 saturated carbocycles. The number of para-hydroxylation sites is 2. The Morgan fingerprint density at radius 2 is 2.16 bits per heavy atom. The summed E-state index contributed by atoms with van der Waals surface area (Å²) in [5, 5.41) is 2.81. The van der Waals surface area contributed by atoms with Crippen LogP contribution in [-0.2, 0) is 9.59 Å². The van der Waals surface area contributed by atoms with Gasteiger partial charge in [-0.3, -0.25) is 14.5 Å². The number of fused-ring (bicyclic) bond motifs is 1. The second kappa shape index (κ2) is 5.73. The number of nitrogens with zero attached hydrogens (tertiary/aromatic N) is 1. The van der Waals surface area contributed by atoms with E-state index in [4.69, 9.17) is 4.74 Å². The van der Waals surface area contributed by atoms with Crippen molar-refractivity contribution >= 4 is 17.5 Å². The van der Waals surface area contributed by atoms with Gasteiger partial charge in [-0.05, 0) is 18.1 Å². The average Bonchev–Trinajstić information content (AvgIpc) is 2.40. The maximum atomic E-state index is 11.9. The van der Waals surface area contributed by atoms with Crippen molar-refractivity contribution in [2.24, 2.45) is 5.92 Å². The molecule has 0 radical (unpaired) electrons. The number of benzene rings is 1. The predicted octanol–water partition coefficient (Wildman–Crippen LogP) is 1.18. The topological polar surface area (TPSA) is 58.6 Å². The summed E-state index contributed by atoms with van der Waals surface area (Å²) < 4.78 is 5.32. The van der Waals surface area contributed by atoms with E-state index in [2.05, 4.69) is 5.32 Å². The van der Waals surface area contributed by atoms with Crippen LogP contribution in [0.3, 0.4) is 0 Å². The van der Waals surface area contributed by atoms with Gasteiger partial charge in [-0.25, -0.2) is 0 Å². The Hall–Kier alpha value is -2.04. The summed E-state index contributed by atoms with van der Waals surface area (Å²) >= 11 is 0. The molecule has 2 amide bonds. The van der Waals surface area contributed by atoms with Crippen LogP contribution in [0.2, 0.25) is 0 Å². The number of carbonyl (C=O) groups excluding carboxylic acids is 2. The smallest absolute Gasteiger partial charge is 0.265 e. The van der Waals surface area contributed by atoms with Gasteiger partial charge >= 0.3 is 0 Å². The minimum atomic E-state index is -0.196. The second-order valence-electron chi connectivity index (χ2n) is 4.93. The summed E-state index contributed by atoms with van der Waals surface area (Å²) in [7, 11) is 0. The number of carbonyl (C=O) groups is 2. The maximum Gasteiger partial charge on any atom is 0.265 e. The first kappa shape index (κ1) is 13.4. The normalized spacial score (nSPS) is 14.1. The summed E-state index contributed by atoms with van der Waals surface area (Å²) in [5.74, 6) is 0.674. The van der Waals surface area contributed by atoms with Crippen LogP contribution in [0.4, 0.5) is 5.69 Å². The summed E-state index contributed by atoms with van der Waals surface area (Å²) in [4.78, 5) is 25.1. The molecule has 0 bridgehead atoms. The lowest BCUT2D eigenvalue weighted by Gasteiger charge is -2.28.